The number of rotatable bonds is 5. The maximum Gasteiger partial charge on any atom is 0.401 e. The summed E-state index contributed by atoms with van der Waals surface area (Å²) in [7, 11) is 0. The molecule has 3 nitrogen and oxygen atoms in total. The van der Waals surface area contributed by atoms with Crippen LogP contribution in [0.25, 0.3) is 0 Å². The second-order valence-corrected chi connectivity index (χ2v) is 7.37. The molecule has 0 aromatic heterocycles. The van der Waals surface area contributed by atoms with Gasteiger partial charge >= 0.3 is 6.18 Å². The molecule has 1 N–H and O–H groups in total. The van der Waals surface area contributed by atoms with Crippen molar-refractivity contribution in [1.82, 2.24) is 15.1 Å². The van der Waals surface area contributed by atoms with Crippen LogP contribution in [0.3, 0.4) is 0 Å². The van der Waals surface area contributed by atoms with E-state index in [1.54, 1.807) is 0 Å². The Balaban J connectivity index is 2.48. The number of hydrogen-bond donors (Lipinski definition) is 1. The highest BCUT2D eigenvalue weighted by molar-refractivity contribution is 4.85. The molecular formula is C15H30F3N3. The van der Waals surface area contributed by atoms with Gasteiger partial charge in [0.15, 0.2) is 0 Å². The summed E-state index contributed by atoms with van der Waals surface area (Å²) in [5.74, 6) is 0.481. The minimum atomic E-state index is -4.09. The van der Waals surface area contributed by atoms with Crippen LogP contribution >= 0.6 is 0 Å². The molecule has 1 fully saturated rings. The van der Waals surface area contributed by atoms with E-state index in [0.717, 1.165) is 6.54 Å². The quantitative estimate of drug-likeness (QED) is 0.842. The highest BCUT2D eigenvalue weighted by Crippen LogP contribution is 2.19. The third-order valence-corrected chi connectivity index (χ3v) is 3.89. The Bertz CT molecular complexity index is 302. The topological polar surface area (TPSA) is 18.5 Å². The molecule has 1 saturated heterocycles. The van der Waals surface area contributed by atoms with E-state index >= 15 is 0 Å². The number of alkyl halides is 3. The first-order valence-electron chi connectivity index (χ1n) is 7.76. The van der Waals surface area contributed by atoms with Crippen LogP contribution in [0.5, 0.6) is 0 Å². The molecule has 1 aliphatic rings. The maximum absolute atomic E-state index is 12.4. The van der Waals surface area contributed by atoms with E-state index in [0.29, 0.717) is 38.1 Å². The van der Waals surface area contributed by atoms with E-state index in [1.165, 1.54) is 4.90 Å². The third kappa shape index (κ3) is 7.47. The molecule has 1 atom stereocenters. The predicted octanol–water partition coefficient (Wildman–Crippen LogP) is 2.58. The molecule has 0 aromatic carbocycles. The lowest BCUT2D eigenvalue weighted by Crippen LogP contribution is -2.57. The molecule has 1 rings (SSSR count). The summed E-state index contributed by atoms with van der Waals surface area (Å²) in [6.45, 7) is 13.3. The molecule has 0 aromatic rings. The second-order valence-electron chi connectivity index (χ2n) is 7.37. The van der Waals surface area contributed by atoms with Gasteiger partial charge in [0.05, 0.1) is 6.54 Å². The Morgan fingerprint density at radius 3 is 1.90 bits per heavy atom. The Morgan fingerprint density at radius 1 is 1.00 bits per heavy atom. The molecule has 0 amide bonds. The molecule has 0 radical (unpaired) electrons. The summed E-state index contributed by atoms with van der Waals surface area (Å²) in [6, 6.07) is 0.372. The van der Waals surface area contributed by atoms with Crippen molar-refractivity contribution >= 4 is 0 Å². The van der Waals surface area contributed by atoms with Crippen molar-refractivity contribution in [1.29, 1.82) is 0 Å². The van der Waals surface area contributed by atoms with Gasteiger partial charge in [-0.1, -0.05) is 13.8 Å². The Morgan fingerprint density at radius 2 is 1.52 bits per heavy atom. The van der Waals surface area contributed by atoms with Gasteiger partial charge in [0.2, 0.25) is 0 Å². The van der Waals surface area contributed by atoms with E-state index in [4.69, 9.17) is 0 Å². The van der Waals surface area contributed by atoms with Crippen molar-refractivity contribution in [3.05, 3.63) is 0 Å². The maximum atomic E-state index is 12.4. The summed E-state index contributed by atoms with van der Waals surface area (Å²) in [6.07, 6.45) is -4.09. The van der Waals surface area contributed by atoms with Crippen LogP contribution in [0.4, 0.5) is 13.2 Å². The van der Waals surface area contributed by atoms with Gasteiger partial charge in [-0.25, -0.2) is 0 Å². The highest BCUT2D eigenvalue weighted by atomic mass is 19.4. The molecule has 6 heteroatoms. The predicted molar refractivity (Wildman–Crippen MR) is 80.4 cm³/mol. The average molecular weight is 309 g/mol. The summed E-state index contributed by atoms with van der Waals surface area (Å²) in [5.41, 5.74) is 0.0608. The third-order valence-electron chi connectivity index (χ3n) is 3.89. The first kappa shape index (κ1) is 18.7. The van der Waals surface area contributed by atoms with Crippen molar-refractivity contribution in [2.75, 3.05) is 39.3 Å². The van der Waals surface area contributed by atoms with Gasteiger partial charge < -0.3 is 5.32 Å². The van der Waals surface area contributed by atoms with Crippen LogP contribution in [0.1, 0.15) is 34.6 Å². The smallest absolute Gasteiger partial charge is 0.311 e. The number of nitrogens with zero attached hydrogens (tertiary/aromatic N) is 2. The van der Waals surface area contributed by atoms with Crippen molar-refractivity contribution in [3.8, 4) is 0 Å². The summed E-state index contributed by atoms with van der Waals surface area (Å²) in [4.78, 5) is 3.83. The molecule has 126 valence electrons. The van der Waals surface area contributed by atoms with E-state index < -0.39 is 12.7 Å². The van der Waals surface area contributed by atoms with Gasteiger partial charge in [-0.15, -0.1) is 0 Å². The largest absolute Gasteiger partial charge is 0.401 e. The van der Waals surface area contributed by atoms with Gasteiger partial charge in [0.1, 0.15) is 0 Å². The number of hydrogen-bond acceptors (Lipinski definition) is 3. The van der Waals surface area contributed by atoms with E-state index in [2.05, 4.69) is 44.8 Å². The Hall–Kier alpha value is -0.330. The minimum absolute atomic E-state index is 0.0608. The number of halogens is 3. The van der Waals surface area contributed by atoms with Crippen LogP contribution in [-0.2, 0) is 0 Å². The molecule has 21 heavy (non-hydrogen) atoms. The van der Waals surface area contributed by atoms with Crippen LogP contribution in [0.15, 0.2) is 0 Å². The minimum Gasteiger partial charge on any atom is -0.311 e. The molecule has 0 saturated carbocycles. The van der Waals surface area contributed by atoms with Crippen molar-refractivity contribution in [2.45, 2.75) is 52.4 Å². The first-order chi connectivity index (χ1) is 9.48. The molecule has 1 aliphatic heterocycles. The van der Waals surface area contributed by atoms with Crippen LogP contribution < -0.4 is 5.32 Å². The Kier molecular flexibility index (Phi) is 6.50. The molecule has 0 spiro atoms. The Labute approximate surface area is 126 Å². The van der Waals surface area contributed by atoms with Crippen molar-refractivity contribution < 1.29 is 13.2 Å². The lowest BCUT2D eigenvalue weighted by atomic mass is 9.99. The molecule has 0 bridgehead atoms. The normalized spacial score (nSPS) is 21.0. The van der Waals surface area contributed by atoms with E-state index in [-0.39, 0.29) is 5.54 Å². The lowest BCUT2D eigenvalue weighted by molar-refractivity contribution is -0.150. The molecule has 1 heterocycles. The zero-order chi connectivity index (χ0) is 16.3. The number of piperazine rings is 1. The summed E-state index contributed by atoms with van der Waals surface area (Å²) >= 11 is 0. The average Bonchev–Trinajstić information content (AvgIpc) is 2.27. The van der Waals surface area contributed by atoms with Crippen molar-refractivity contribution in [2.24, 2.45) is 5.92 Å². The zero-order valence-corrected chi connectivity index (χ0v) is 13.9. The van der Waals surface area contributed by atoms with Gasteiger partial charge in [-0.2, -0.15) is 13.2 Å². The van der Waals surface area contributed by atoms with Crippen LogP contribution in [-0.4, -0.2) is 66.8 Å². The second kappa shape index (κ2) is 7.29. The lowest BCUT2D eigenvalue weighted by Gasteiger charge is -2.42. The van der Waals surface area contributed by atoms with Gasteiger partial charge in [0, 0.05) is 44.3 Å². The summed E-state index contributed by atoms with van der Waals surface area (Å²) < 4.78 is 37.2. The fourth-order valence-electron chi connectivity index (χ4n) is 2.70. The molecular weight excluding hydrogens is 279 g/mol. The zero-order valence-electron chi connectivity index (χ0n) is 13.9. The van der Waals surface area contributed by atoms with Gasteiger partial charge in [-0.3, -0.25) is 9.80 Å². The molecule has 1 unspecified atom stereocenters. The van der Waals surface area contributed by atoms with E-state index in [1.807, 2.05) is 0 Å². The SMILES string of the molecule is CC(C)C(CNC(C)(C)C)N1CCN(CC(F)(F)F)CC1. The standard InChI is InChI=1S/C15H30F3N3/c1-12(2)13(10-19-14(3,4)5)21-8-6-20(7-9-21)11-15(16,17)18/h12-13,19H,6-11H2,1-5H3. The van der Waals surface area contributed by atoms with E-state index in [9.17, 15) is 13.2 Å². The van der Waals surface area contributed by atoms with Crippen LogP contribution in [0, 0.1) is 5.92 Å². The number of nitrogens with one attached hydrogen (secondary N) is 1. The monoisotopic (exact) mass is 309 g/mol. The fourth-order valence-corrected chi connectivity index (χ4v) is 2.70. The van der Waals surface area contributed by atoms with Crippen LogP contribution in [0.2, 0.25) is 0 Å². The first-order valence-corrected chi connectivity index (χ1v) is 7.76. The van der Waals surface area contributed by atoms with Gasteiger partial charge in [-0.05, 0) is 26.7 Å². The highest BCUT2D eigenvalue weighted by Gasteiger charge is 2.33. The molecule has 0 aliphatic carbocycles. The van der Waals surface area contributed by atoms with Crippen molar-refractivity contribution in [3.63, 3.8) is 0 Å². The summed E-state index contributed by atoms with van der Waals surface area (Å²) in [5, 5.41) is 3.51. The van der Waals surface area contributed by atoms with Gasteiger partial charge in [0.25, 0.3) is 0 Å². The fraction of sp³-hybridized carbons (Fsp3) is 1.00.